The Balaban J connectivity index is 1.87. The van der Waals surface area contributed by atoms with Gasteiger partial charge in [-0.25, -0.2) is 27.2 Å². The number of carbonyl (C=O) groups excluding carboxylic acids is 1. The third kappa shape index (κ3) is 5.66. The number of sulfonamides is 1. The van der Waals surface area contributed by atoms with Gasteiger partial charge in [0.15, 0.2) is 5.65 Å². The maximum atomic E-state index is 13.6. The van der Waals surface area contributed by atoms with Gasteiger partial charge in [0.25, 0.3) is 5.91 Å². The van der Waals surface area contributed by atoms with Gasteiger partial charge >= 0.3 is 0 Å². The number of methoxy groups -OCH3 is 1. The first-order valence-corrected chi connectivity index (χ1v) is 13.6. The fourth-order valence-electron chi connectivity index (χ4n) is 4.31. The zero-order chi connectivity index (χ0) is 26.0. The second-order valence-electron chi connectivity index (χ2n) is 9.18. The molecular formula is C24H31FN6O4S. The number of rotatable bonds is 8. The first kappa shape index (κ1) is 26.0. The number of halogens is 1. The quantitative estimate of drug-likeness (QED) is 0.483. The lowest BCUT2D eigenvalue weighted by Crippen LogP contribution is -2.47. The number of benzene rings is 1. The third-order valence-corrected chi connectivity index (χ3v) is 6.65. The van der Waals surface area contributed by atoms with E-state index in [-0.39, 0.29) is 17.4 Å². The Morgan fingerprint density at radius 1 is 1.17 bits per heavy atom. The van der Waals surface area contributed by atoms with Gasteiger partial charge < -0.3 is 9.64 Å². The fraction of sp³-hybridized carbons (Fsp3) is 0.458. The van der Waals surface area contributed by atoms with Crippen LogP contribution in [0.15, 0.2) is 30.3 Å². The number of anilines is 1. The predicted octanol–water partition coefficient (Wildman–Crippen LogP) is 2.14. The Bertz CT molecular complexity index is 1350. The van der Waals surface area contributed by atoms with Crippen LogP contribution in [0.1, 0.15) is 35.9 Å². The van der Waals surface area contributed by atoms with E-state index >= 15 is 0 Å². The fourth-order valence-corrected chi connectivity index (χ4v) is 4.75. The topological polar surface area (TPSA) is 110 Å². The lowest BCUT2D eigenvalue weighted by atomic mass is 10.0. The SMILES string of the molecule is COCCN1CCN(c2cc(C(=O)NS(C)(=O)=O)nc3c2c(C(C)C)nn3-c2ccc(F)cc2)CC1. The number of hydrogen-bond acceptors (Lipinski definition) is 8. The predicted molar refractivity (Wildman–Crippen MR) is 136 cm³/mol. The standard InChI is InChI=1S/C24H31FN6O4S/c1-16(2)22-21-20(30-11-9-29(10-12-30)13-14-35-3)15-19(24(32)28-36(4,33)34)26-23(21)31(27-22)18-7-5-17(25)6-8-18/h5-8,15-16H,9-14H2,1-4H3,(H,28,32). The van der Waals surface area contributed by atoms with E-state index in [2.05, 4.69) is 14.8 Å². The molecule has 0 bridgehead atoms. The van der Waals surface area contributed by atoms with Crippen LogP contribution in [0, 0.1) is 5.82 Å². The number of amides is 1. The molecule has 1 amide bonds. The molecule has 0 saturated carbocycles. The van der Waals surface area contributed by atoms with Crippen LogP contribution >= 0.6 is 0 Å². The molecule has 1 N–H and O–H groups in total. The second-order valence-corrected chi connectivity index (χ2v) is 10.9. The van der Waals surface area contributed by atoms with Crippen molar-refractivity contribution in [3.63, 3.8) is 0 Å². The number of ether oxygens (including phenoxy) is 1. The van der Waals surface area contributed by atoms with Gasteiger partial charge in [-0.3, -0.25) is 9.69 Å². The summed E-state index contributed by atoms with van der Waals surface area (Å²) in [6.07, 6.45) is 0.920. The minimum atomic E-state index is -3.79. The Kier molecular flexibility index (Phi) is 7.57. The normalized spacial score (nSPS) is 15.1. The summed E-state index contributed by atoms with van der Waals surface area (Å²) in [5.74, 6) is -1.17. The summed E-state index contributed by atoms with van der Waals surface area (Å²) in [6.45, 7) is 8.54. The number of nitrogens with zero attached hydrogens (tertiary/aromatic N) is 5. The molecule has 4 rings (SSSR count). The van der Waals surface area contributed by atoms with Crippen molar-refractivity contribution in [1.29, 1.82) is 0 Å². The number of fused-ring (bicyclic) bond motifs is 1. The van der Waals surface area contributed by atoms with Crippen molar-refractivity contribution in [1.82, 2.24) is 24.4 Å². The molecule has 1 saturated heterocycles. The first-order valence-electron chi connectivity index (χ1n) is 11.8. The first-order chi connectivity index (χ1) is 17.1. The molecule has 3 heterocycles. The van der Waals surface area contributed by atoms with Gasteiger partial charge in [0.1, 0.15) is 11.5 Å². The number of nitrogens with one attached hydrogen (secondary N) is 1. The highest BCUT2D eigenvalue weighted by Crippen LogP contribution is 2.35. The molecule has 3 aromatic rings. The lowest BCUT2D eigenvalue weighted by molar-refractivity contribution is 0.0977. The van der Waals surface area contributed by atoms with Crippen LogP contribution in [0.3, 0.4) is 0 Å². The minimum Gasteiger partial charge on any atom is -0.383 e. The number of hydrogen-bond donors (Lipinski definition) is 1. The van der Waals surface area contributed by atoms with Crippen LogP contribution in [0.4, 0.5) is 10.1 Å². The van der Waals surface area contributed by atoms with E-state index in [0.29, 0.717) is 31.0 Å². The molecule has 0 atom stereocenters. The Labute approximate surface area is 210 Å². The van der Waals surface area contributed by atoms with Gasteiger partial charge in [-0.2, -0.15) is 5.10 Å². The molecule has 12 heteroatoms. The zero-order valence-corrected chi connectivity index (χ0v) is 21.7. The van der Waals surface area contributed by atoms with Crippen LogP contribution in [0.2, 0.25) is 0 Å². The molecule has 0 radical (unpaired) electrons. The van der Waals surface area contributed by atoms with E-state index in [4.69, 9.17) is 9.84 Å². The molecule has 2 aromatic heterocycles. The summed E-state index contributed by atoms with van der Waals surface area (Å²) in [5.41, 5.74) is 2.50. The zero-order valence-electron chi connectivity index (χ0n) is 20.9. The number of pyridine rings is 1. The summed E-state index contributed by atoms with van der Waals surface area (Å²) < 4.78 is 45.9. The lowest BCUT2D eigenvalue weighted by Gasteiger charge is -2.36. The molecular weight excluding hydrogens is 487 g/mol. The highest BCUT2D eigenvalue weighted by atomic mass is 32.2. The van der Waals surface area contributed by atoms with Crippen molar-refractivity contribution in [2.75, 3.05) is 57.6 Å². The van der Waals surface area contributed by atoms with E-state index in [9.17, 15) is 17.6 Å². The summed E-state index contributed by atoms with van der Waals surface area (Å²) in [4.78, 5) is 21.9. The molecule has 1 aliphatic rings. The van der Waals surface area contributed by atoms with Crippen molar-refractivity contribution >= 4 is 32.7 Å². The molecule has 1 fully saturated rings. The van der Waals surface area contributed by atoms with Crippen LogP contribution in [0.25, 0.3) is 16.7 Å². The van der Waals surface area contributed by atoms with E-state index < -0.39 is 15.9 Å². The van der Waals surface area contributed by atoms with E-state index in [0.717, 1.165) is 42.7 Å². The average Bonchev–Trinajstić information content (AvgIpc) is 3.22. The smallest absolute Gasteiger partial charge is 0.283 e. The molecule has 1 aliphatic heterocycles. The van der Waals surface area contributed by atoms with Crippen LogP contribution < -0.4 is 9.62 Å². The Morgan fingerprint density at radius 2 is 1.83 bits per heavy atom. The minimum absolute atomic E-state index is 0.0356. The van der Waals surface area contributed by atoms with Crippen molar-refractivity contribution in [2.45, 2.75) is 19.8 Å². The Morgan fingerprint density at radius 3 is 2.42 bits per heavy atom. The van der Waals surface area contributed by atoms with Gasteiger partial charge in [0.05, 0.1) is 35.3 Å². The van der Waals surface area contributed by atoms with E-state index in [1.54, 1.807) is 30.0 Å². The molecule has 10 nitrogen and oxygen atoms in total. The van der Waals surface area contributed by atoms with Crippen LogP contribution in [-0.2, 0) is 14.8 Å². The van der Waals surface area contributed by atoms with Crippen molar-refractivity contribution in [3.05, 3.63) is 47.5 Å². The summed E-state index contributed by atoms with van der Waals surface area (Å²) >= 11 is 0. The van der Waals surface area contributed by atoms with Gasteiger partial charge in [-0.05, 0) is 36.2 Å². The Hall–Kier alpha value is -3.09. The summed E-state index contributed by atoms with van der Waals surface area (Å²) in [6, 6.07) is 7.48. The monoisotopic (exact) mass is 518 g/mol. The van der Waals surface area contributed by atoms with Gasteiger partial charge in [-0.1, -0.05) is 13.8 Å². The highest BCUT2D eigenvalue weighted by molar-refractivity contribution is 7.89. The van der Waals surface area contributed by atoms with Crippen LogP contribution in [0.5, 0.6) is 0 Å². The van der Waals surface area contributed by atoms with Crippen LogP contribution in [-0.4, -0.2) is 86.7 Å². The molecule has 1 aromatic carbocycles. The molecule has 36 heavy (non-hydrogen) atoms. The third-order valence-electron chi connectivity index (χ3n) is 6.10. The van der Waals surface area contributed by atoms with Gasteiger partial charge in [0, 0.05) is 39.8 Å². The van der Waals surface area contributed by atoms with Crippen molar-refractivity contribution in [2.24, 2.45) is 0 Å². The molecule has 0 spiro atoms. The number of carbonyl (C=O) groups is 1. The van der Waals surface area contributed by atoms with Crippen molar-refractivity contribution < 1.29 is 22.3 Å². The van der Waals surface area contributed by atoms with E-state index in [1.807, 2.05) is 18.6 Å². The maximum Gasteiger partial charge on any atom is 0.283 e. The second kappa shape index (κ2) is 10.5. The number of aromatic nitrogens is 3. The van der Waals surface area contributed by atoms with Gasteiger partial charge in [0.2, 0.25) is 10.0 Å². The van der Waals surface area contributed by atoms with Gasteiger partial charge in [-0.15, -0.1) is 0 Å². The molecule has 0 unspecified atom stereocenters. The summed E-state index contributed by atoms with van der Waals surface area (Å²) in [7, 11) is -2.11. The largest absolute Gasteiger partial charge is 0.383 e. The summed E-state index contributed by atoms with van der Waals surface area (Å²) in [5, 5.41) is 5.59. The average molecular weight is 519 g/mol. The van der Waals surface area contributed by atoms with E-state index in [1.165, 1.54) is 12.1 Å². The highest BCUT2D eigenvalue weighted by Gasteiger charge is 2.27. The van der Waals surface area contributed by atoms with Crippen molar-refractivity contribution in [3.8, 4) is 5.69 Å². The molecule has 0 aliphatic carbocycles. The number of piperazine rings is 1. The molecule has 194 valence electrons. The maximum absolute atomic E-state index is 13.6.